The molecule has 0 radical (unpaired) electrons. The topological polar surface area (TPSA) is 21.3 Å². The van der Waals surface area contributed by atoms with Crippen molar-refractivity contribution in [1.82, 2.24) is 5.32 Å². The Balaban J connectivity index is 1.68. The number of hydrogen-bond donors (Lipinski definition) is 1. The van der Waals surface area contributed by atoms with E-state index in [-0.39, 0.29) is 6.10 Å². The lowest BCUT2D eigenvalue weighted by molar-refractivity contribution is -0.00886. The molecule has 0 spiro atoms. The Labute approximate surface area is 120 Å². The van der Waals surface area contributed by atoms with E-state index in [1.54, 1.807) is 0 Å². The Morgan fingerprint density at radius 3 is 2.58 bits per heavy atom. The van der Waals surface area contributed by atoms with E-state index >= 15 is 0 Å². The van der Waals surface area contributed by atoms with Crippen molar-refractivity contribution in [2.24, 2.45) is 0 Å². The molecule has 1 atom stereocenters. The third-order valence-corrected chi connectivity index (χ3v) is 4.42. The van der Waals surface area contributed by atoms with Gasteiger partial charge in [-0.2, -0.15) is 0 Å². The van der Waals surface area contributed by atoms with Gasteiger partial charge in [0, 0.05) is 23.2 Å². The number of hydrogen-bond acceptors (Lipinski definition) is 2. The Morgan fingerprint density at radius 2 is 1.89 bits per heavy atom. The van der Waals surface area contributed by atoms with Crippen molar-refractivity contribution in [3.8, 4) is 0 Å². The summed E-state index contributed by atoms with van der Waals surface area (Å²) in [7, 11) is 0. The number of rotatable bonds is 6. The highest BCUT2D eigenvalue weighted by molar-refractivity contribution is 6.31. The zero-order valence-electron chi connectivity index (χ0n) is 11.3. The molecule has 1 unspecified atom stereocenters. The van der Waals surface area contributed by atoms with Gasteiger partial charge in [0.05, 0.1) is 12.2 Å². The molecule has 1 aromatic carbocycles. The van der Waals surface area contributed by atoms with Crippen LogP contribution >= 0.6 is 11.6 Å². The van der Waals surface area contributed by atoms with Crippen LogP contribution in [0, 0.1) is 0 Å². The molecule has 1 N–H and O–H groups in total. The van der Waals surface area contributed by atoms with E-state index in [9.17, 15) is 0 Å². The van der Waals surface area contributed by atoms with Crippen LogP contribution in [-0.2, 0) is 4.74 Å². The van der Waals surface area contributed by atoms with Gasteiger partial charge in [0.25, 0.3) is 0 Å². The molecule has 19 heavy (non-hydrogen) atoms. The van der Waals surface area contributed by atoms with Crippen molar-refractivity contribution in [1.29, 1.82) is 0 Å². The van der Waals surface area contributed by atoms with Gasteiger partial charge < -0.3 is 10.1 Å². The Kier molecular flexibility index (Phi) is 4.42. The van der Waals surface area contributed by atoms with Crippen LogP contribution in [0.2, 0.25) is 5.02 Å². The van der Waals surface area contributed by atoms with Gasteiger partial charge in [-0.15, -0.1) is 0 Å². The van der Waals surface area contributed by atoms with Crippen LogP contribution in [-0.4, -0.2) is 18.7 Å². The van der Waals surface area contributed by atoms with E-state index in [1.807, 2.05) is 18.2 Å². The first-order chi connectivity index (χ1) is 9.33. The van der Waals surface area contributed by atoms with Gasteiger partial charge in [-0.05, 0) is 31.7 Å². The van der Waals surface area contributed by atoms with Crippen molar-refractivity contribution in [2.75, 3.05) is 6.54 Å². The molecule has 0 amide bonds. The van der Waals surface area contributed by atoms with Gasteiger partial charge in [-0.3, -0.25) is 0 Å². The Hall–Kier alpha value is -0.570. The second-order valence-corrected chi connectivity index (χ2v) is 6.14. The molecule has 2 saturated carbocycles. The standard InChI is InChI=1S/C16H22ClNO/c17-15-8-4-3-7-14(15)16(11-18-12-9-10-12)19-13-5-1-2-6-13/h3-4,7-8,12-13,16,18H,1-2,5-6,9-11H2. The fourth-order valence-electron chi connectivity index (χ4n) is 2.79. The van der Waals surface area contributed by atoms with Crippen LogP contribution in [0.15, 0.2) is 24.3 Å². The molecule has 0 aliphatic heterocycles. The number of ether oxygens (including phenoxy) is 1. The average Bonchev–Trinajstić information content (AvgIpc) is 3.11. The Bertz CT molecular complexity index is 413. The van der Waals surface area contributed by atoms with Crippen LogP contribution in [0.5, 0.6) is 0 Å². The van der Waals surface area contributed by atoms with E-state index in [2.05, 4.69) is 11.4 Å². The van der Waals surface area contributed by atoms with Gasteiger partial charge >= 0.3 is 0 Å². The molecule has 0 heterocycles. The summed E-state index contributed by atoms with van der Waals surface area (Å²) < 4.78 is 6.31. The van der Waals surface area contributed by atoms with Gasteiger partial charge in [-0.25, -0.2) is 0 Å². The van der Waals surface area contributed by atoms with Crippen LogP contribution in [0.25, 0.3) is 0 Å². The third-order valence-electron chi connectivity index (χ3n) is 4.08. The molecule has 2 aliphatic carbocycles. The van der Waals surface area contributed by atoms with Crippen molar-refractivity contribution >= 4 is 11.6 Å². The average molecular weight is 280 g/mol. The quantitative estimate of drug-likeness (QED) is 0.847. The van der Waals surface area contributed by atoms with Crippen molar-refractivity contribution in [2.45, 2.75) is 56.8 Å². The summed E-state index contributed by atoms with van der Waals surface area (Å²) in [4.78, 5) is 0. The highest BCUT2D eigenvalue weighted by atomic mass is 35.5. The normalized spacial score (nSPS) is 21.7. The number of benzene rings is 1. The van der Waals surface area contributed by atoms with E-state index < -0.39 is 0 Å². The predicted molar refractivity (Wildman–Crippen MR) is 78.6 cm³/mol. The van der Waals surface area contributed by atoms with Crippen molar-refractivity contribution in [3.63, 3.8) is 0 Å². The first-order valence-corrected chi connectivity index (χ1v) is 7.84. The van der Waals surface area contributed by atoms with Crippen LogP contribution in [0.4, 0.5) is 0 Å². The maximum absolute atomic E-state index is 6.33. The molecule has 3 heteroatoms. The minimum Gasteiger partial charge on any atom is -0.369 e. The van der Waals surface area contributed by atoms with Crippen molar-refractivity contribution < 1.29 is 4.74 Å². The fraction of sp³-hybridized carbons (Fsp3) is 0.625. The first kappa shape index (κ1) is 13.4. The fourth-order valence-corrected chi connectivity index (χ4v) is 3.04. The molecule has 2 aliphatic rings. The van der Waals surface area contributed by atoms with Gasteiger partial charge in [0.15, 0.2) is 0 Å². The molecular formula is C16H22ClNO. The molecule has 2 fully saturated rings. The number of halogens is 1. The minimum absolute atomic E-state index is 0.0948. The van der Waals surface area contributed by atoms with Gasteiger partial charge in [0.1, 0.15) is 0 Å². The first-order valence-electron chi connectivity index (χ1n) is 7.46. The second-order valence-electron chi connectivity index (χ2n) is 5.74. The highest BCUT2D eigenvalue weighted by Crippen LogP contribution is 2.31. The zero-order valence-corrected chi connectivity index (χ0v) is 12.0. The molecule has 2 nitrogen and oxygen atoms in total. The largest absolute Gasteiger partial charge is 0.369 e. The van der Waals surface area contributed by atoms with Gasteiger partial charge in [-0.1, -0.05) is 42.6 Å². The minimum atomic E-state index is 0.0948. The molecular weight excluding hydrogens is 258 g/mol. The summed E-state index contributed by atoms with van der Waals surface area (Å²) in [6.45, 7) is 0.880. The summed E-state index contributed by atoms with van der Waals surface area (Å²) in [6.07, 6.45) is 8.12. The summed E-state index contributed by atoms with van der Waals surface area (Å²) in [5.41, 5.74) is 1.13. The molecule has 0 saturated heterocycles. The SMILES string of the molecule is Clc1ccccc1C(CNC1CC1)OC1CCCC1. The van der Waals surface area contributed by atoms with E-state index in [4.69, 9.17) is 16.3 Å². The lowest BCUT2D eigenvalue weighted by Crippen LogP contribution is -2.27. The predicted octanol–water partition coefficient (Wildman–Crippen LogP) is 4.09. The summed E-state index contributed by atoms with van der Waals surface area (Å²) in [5.74, 6) is 0. The summed E-state index contributed by atoms with van der Waals surface area (Å²) >= 11 is 6.33. The molecule has 0 aromatic heterocycles. The molecule has 104 valence electrons. The van der Waals surface area contributed by atoms with Crippen molar-refractivity contribution in [3.05, 3.63) is 34.9 Å². The third kappa shape index (κ3) is 3.71. The lowest BCUT2D eigenvalue weighted by atomic mass is 10.1. The van der Waals surface area contributed by atoms with E-state index in [0.29, 0.717) is 12.1 Å². The highest BCUT2D eigenvalue weighted by Gasteiger charge is 2.26. The smallest absolute Gasteiger partial charge is 0.0967 e. The van der Waals surface area contributed by atoms with Crippen LogP contribution in [0.3, 0.4) is 0 Å². The molecule has 1 aromatic rings. The maximum Gasteiger partial charge on any atom is 0.0967 e. The Morgan fingerprint density at radius 1 is 1.16 bits per heavy atom. The van der Waals surface area contributed by atoms with E-state index in [1.165, 1.54) is 38.5 Å². The molecule has 3 rings (SSSR count). The van der Waals surface area contributed by atoms with Crippen LogP contribution in [0.1, 0.15) is 50.2 Å². The zero-order chi connectivity index (χ0) is 13.1. The summed E-state index contributed by atoms with van der Waals surface area (Å²) in [5, 5.41) is 4.40. The second kappa shape index (κ2) is 6.25. The lowest BCUT2D eigenvalue weighted by Gasteiger charge is -2.24. The number of nitrogens with one attached hydrogen (secondary N) is 1. The van der Waals surface area contributed by atoms with Gasteiger partial charge in [0.2, 0.25) is 0 Å². The van der Waals surface area contributed by atoms with Crippen LogP contribution < -0.4 is 5.32 Å². The molecule has 0 bridgehead atoms. The van der Waals surface area contributed by atoms with E-state index in [0.717, 1.165) is 17.1 Å². The summed E-state index contributed by atoms with van der Waals surface area (Å²) in [6, 6.07) is 8.78. The maximum atomic E-state index is 6.33. The monoisotopic (exact) mass is 279 g/mol.